The Balaban J connectivity index is 1.40. The van der Waals surface area contributed by atoms with Crippen LogP contribution in [-0.4, -0.2) is 36.0 Å². The maximum atomic E-state index is 10.8. The van der Waals surface area contributed by atoms with Crippen molar-refractivity contribution >= 4 is 23.1 Å². The molecule has 2 aliphatic rings. The van der Waals surface area contributed by atoms with Crippen LogP contribution in [0.4, 0.5) is 0 Å². The highest BCUT2D eigenvalue weighted by Crippen LogP contribution is 2.55. The smallest absolute Gasteiger partial charge is 0.165 e. The van der Waals surface area contributed by atoms with Gasteiger partial charge in [-0.1, -0.05) is 49.3 Å². The Bertz CT molecular complexity index is 1570. The Morgan fingerprint density at radius 3 is 2.40 bits per heavy atom. The predicted molar refractivity (Wildman–Crippen MR) is 178 cm³/mol. The van der Waals surface area contributed by atoms with Gasteiger partial charge in [0.15, 0.2) is 11.5 Å². The topological polar surface area (TPSA) is 63.7 Å². The van der Waals surface area contributed by atoms with E-state index in [1.54, 1.807) is 14.2 Å². The third-order valence-electron chi connectivity index (χ3n) is 9.84. The Morgan fingerprint density at radius 1 is 1.00 bits per heavy atom. The van der Waals surface area contributed by atoms with Crippen LogP contribution in [-0.2, 0) is 12.8 Å². The second kappa shape index (κ2) is 12.3. The molecule has 0 saturated heterocycles. The van der Waals surface area contributed by atoms with Crippen molar-refractivity contribution in [2.75, 3.05) is 14.2 Å². The highest BCUT2D eigenvalue weighted by Gasteiger charge is 2.54. The summed E-state index contributed by atoms with van der Waals surface area (Å²) >= 11 is 0. The van der Waals surface area contributed by atoms with E-state index >= 15 is 0 Å². The van der Waals surface area contributed by atoms with Gasteiger partial charge in [-0.3, -0.25) is 0 Å². The molecule has 1 aliphatic heterocycles. The van der Waals surface area contributed by atoms with E-state index in [1.165, 1.54) is 16.7 Å². The minimum absolute atomic E-state index is 0.213. The fraction of sp³-hybridized carbons (Fsp3) is 0.474. The van der Waals surface area contributed by atoms with E-state index in [0.717, 1.165) is 83.4 Å². The van der Waals surface area contributed by atoms with Crippen LogP contribution in [0.5, 0.6) is 17.2 Å². The predicted octanol–water partition coefficient (Wildman–Crippen LogP) is 9.08. The molecule has 0 unspecified atom stereocenters. The largest absolute Gasteiger partial charge is 0.496 e. The third kappa shape index (κ3) is 6.28. The van der Waals surface area contributed by atoms with Crippen molar-refractivity contribution in [2.24, 2.45) is 11.3 Å². The van der Waals surface area contributed by atoms with Gasteiger partial charge in [-0.2, -0.15) is 0 Å². The van der Waals surface area contributed by atoms with Crippen molar-refractivity contribution in [3.8, 4) is 17.2 Å². The Labute approximate surface area is 257 Å². The van der Waals surface area contributed by atoms with E-state index in [-0.39, 0.29) is 23.0 Å². The summed E-state index contributed by atoms with van der Waals surface area (Å²) in [5.74, 6) is 2.68. The molecular weight excluding hydrogens is 534 g/mol. The van der Waals surface area contributed by atoms with Gasteiger partial charge >= 0.3 is 0 Å². The van der Waals surface area contributed by atoms with Gasteiger partial charge < -0.3 is 24.3 Å². The van der Waals surface area contributed by atoms with E-state index in [4.69, 9.17) is 14.2 Å². The van der Waals surface area contributed by atoms with Gasteiger partial charge in [0, 0.05) is 17.5 Å². The molecule has 2 aromatic carbocycles. The molecule has 3 aromatic rings. The summed E-state index contributed by atoms with van der Waals surface area (Å²) in [4.78, 5) is 3.47. The van der Waals surface area contributed by atoms with Gasteiger partial charge in [0.2, 0.25) is 0 Å². The first-order valence-corrected chi connectivity index (χ1v) is 15.7. The lowest BCUT2D eigenvalue weighted by Crippen LogP contribution is -2.58. The number of fused-ring (bicyclic) bond motifs is 3. The summed E-state index contributed by atoms with van der Waals surface area (Å²) in [6.45, 7) is 13.1. The van der Waals surface area contributed by atoms with Gasteiger partial charge in [0.25, 0.3) is 0 Å². The van der Waals surface area contributed by atoms with Crippen molar-refractivity contribution < 1.29 is 19.3 Å². The van der Waals surface area contributed by atoms with Gasteiger partial charge in [-0.05, 0) is 118 Å². The zero-order valence-corrected chi connectivity index (χ0v) is 27.3. The maximum Gasteiger partial charge on any atom is 0.165 e. The van der Waals surface area contributed by atoms with Crippen molar-refractivity contribution in [1.29, 1.82) is 0 Å². The van der Waals surface area contributed by atoms with Gasteiger partial charge in [-0.15, -0.1) is 0 Å². The second-order valence-electron chi connectivity index (χ2n) is 13.6. The number of ether oxygens (including phenoxy) is 3. The van der Waals surface area contributed by atoms with Crippen LogP contribution in [0.15, 0.2) is 53.8 Å². The summed E-state index contributed by atoms with van der Waals surface area (Å²) < 4.78 is 18.4. The van der Waals surface area contributed by atoms with Gasteiger partial charge in [-0.25, -0.2) is 0 Å². The molecule has 1 fully saturated rings. The van der Waals surface area contributed by atoms with Crippen LogP contribution in [0.1, 0.15) is 89.5 Å². The number of hydrogen-bond acceptors (Lipinski definition) is 4. The van der Waals surface area contributed by atoms with Crippen LogP contribution in [0.2, 0.25) is 0 Å². The molecule has 2 N–H and O–H groups in total. The Morgan fingerprint density at radius 2 is 1.70 bits per heavy atom. The minimum atomic E-state index is -0.327. The molecule has 5 heteroatoms. The standard InChI is InChI=1S/C38H49NO4/c1-24(2)10-9-11-25(3)12-15-28-23-39-30-19-27(20-31(41-7)35(28)30)14-13-26-18-29-22-33-37(4,5)34(40)16-17-38(33,6)43-36(29)32(21-26)42-8/h10,12-14,18-21,23,33-34,39-40H,9,11,15-17,22H2,1-8H3/b14-13+,25-12+/t33-,34-,38-/m1/s1. The number of aromatic nitrogens is 1. The molecule has 1 saturated carbocycles. The monoisotopic (exact) mass is 583 g/mol. The lowest BCUT2D eigenvalue weighted by Gasteiger charge is -2.55. The van der Waals surface area contributed by atoms with E-state index in [0.29, 0.717) is 0 Å². The lowest BCUT2D eigenvalue weighted by atomic mass is 9.57. The fourth-order valence-electron chi connectivity index (χ4n) is 7.15. The first-order valence-electron chi connectivity index (χ1n) is 15.7. The number of allylic oxidation sites excluding steroid dienone is 4. The molecule has 5 rings (SSSR count). The molecule has 1 aliphatic carbocycles. The number of aliphatic hydroxyl groups is 1. The first-order chi connectivity index (χ1) is 20.4. The van der Waals surface area contributed by atoms with Gasteiger partial charge in [0.1, 0.15) is 11.4 Å². The van der Waals surface area contributed by atoms with Crippen LogP contribution >= 0.6 is 0 Å². The zero-order valence-electron chi connectivity index (χ0n) is 27.3. The highest BCUT2D eigenvalue weighted by molar-refractivity contribution is 5.92. The maximum absolute atomic E-state index is 10.8. The average Bonchev–Trinajstić information content (AvgIpc) is 3.38. The molecule has 230 valence electrons. The van der Waals surface area contributed by atoms with E-state index in [9.17, 15) is 5.11 Å². The van der Waals surface area contributed by atoms with Crippen LogP contribution < -0.4 is 14.2 Å². The summed E-state index contributed by atoms with van der Waals surface area (Å²) in [5.41, 5.74) is 7.78. The molecule has 0 spiro atoms. The van der Waals surface area contributed by atoms with Gasteiger partial charge in [0.05, 0.1) is 25.8 Å². The quantitative estimate of drug-likeness (QED) is 0.195. The van der Waals surface area contributed by atoms with Crippen molar-refractivity contribution in [2.45, 2.75) is 91.8 Å². The summed E-state index contributed by atoms with van der Waals surface area (Å²) in [7, 11) is 3.45. The summed E-state index contributed by atoms with van der Waals surface area (Å²) in [5, 5.41) is 12.0. The first kappa shape index (κ1) is 31.0. The molecule has 43 heavy (non-hydrogen) atoms. The molecule has 0 bridgehead atoms. The zero-order chi connectivity index (χ0) is 30.9. The van der Waals surface area contributed by atoms with Crippen molar-refractivity contribution in [3.63, 3.8) is 0 Å². The molecule has 0 radical (unpaired) electrons. The molecule has 3 atom stereocenters. The number of nitrogens with one attached hydrogen (secondary N) is 1. The Kier molecular flexibility index (Phi) is 8.85. The second-order valence-corrected chi connectivity index (χ2v) is 13.6. The number of benzene rings is 2. The van der Waals surface area contributed by atoms with E-state index in [2.05, 4.69) is 101 Å². The molecule has 1 aromatic heterocycles. The highest BCUT2D eigenvalue weighted by atomic mass is 16.5. The summed E-state index contributed by atoms with van der Waals surface area (Å²) in [6.07, 6.45) is 16.1. The van der Waals surface area contributed by atoms with Crippen molar-refractivity contribution in [3.05, 3.63) is 76.0 Å². The summed E-state index contributed by atoms with van der Waals surface area (Å²) in [6, 6.07) is 8.55. The fourth-order valence-corrected chi connectivity index (χ4v) is 7.15. The van der Waals surface area contributed by atoms with E-state index < -0.39 is 0 Å². The molecule has 5 nitrogen and oxygen atoms in total. The van der Waals surface area contributed by atoms with Crippen LogP contribution in [0.3, 0.4) is 0 Å². The average molecular weight is 584 g/mol. The van der Waals surface area contributed by atoms with Crippen LogP contribution in [0, 0.1) is 11.3 Å². The number of aromatic amines is 1. The lowest BCUT2D eigenvalue weighted by molar-refractivity contribution is -0.138. The number of aliphatic hydroxyl groups excluding tert-OH is 1. The molecular formula is C38H49NO4. The minimum Gasteiger partial charge on any atom is -0.496 e. The number of hydrogen-bond donors (Lipinski definition) is 2. The molecule has 2 heterocycles. The number of methoxy groups -OCH3 is 2. The number of H-pyrrole nitrogens is 1. The van der Waals surface area contributed by atoms with E-state index in [1.807, 2.05) is 0 Å². The number of rotatable bonds is 9. The third-order valence-corrected chi connectivity index (χ3v) is 9.84. The van der Waals surface area contributed by atoms with Crippen LogP contribution in [0.25, 0.3) is 23.1 Å². The Hall–Kier alpha value is -3.44. The van der Waals surface area contributed by atoms with Crippen molar-refractivity contribution in [1.82, 2.24) is 4.98 Å². The molecule has 0 amide bonds. The SMILES string of the molecule is COc1cc(/C=C/c2cc(OC)c3c(C/C=C(\C)CCC=C(C)C)c[nH]c3c2)cc2c1O[C@]1(C)CC[C@@H](O)C(C)(C)[C@H]1C2. The normalized spacial score (nSPS) is 23.0.